The number of methoxy groups -OCH3 is 1. The first-order valence-corrected chi connectivity index (χ1v) is 7.30. The van der Waals surface area contributed by atoms with Crippen LogP contribution in [0.25, 0.3) is 0 Å². The Labute approximate surface area is 118 Å². The van der Waals surface area contributed by atoms with Gasteiger partial charge >= 0.3 is 0 Å². The van der Waals surface area contributed by atoms with Crippen molar-refractivity contribution >= 4 is 23.4 Å². The van der Waals surface area contributed by atoms with Crippen molar-refractivity contribution in [2.45, 2.75) is 31.0 Å². The minimum absolute atomic E-state index is 0.385. The van der Waals surface area contributed by atoms with Crippen molar-refractivity contribution in [2.75, 3.05) is 30.5 Å². The van der Waals surface area contributed by atoms with Gasteiger partial charge in [0.1, 0.15) is 18.2 Å². The summed E-state index contributed by atoms with van der Waals surface area (Å²) in [6.07, 6.45) is 0. The van der Waals surface area contributed by atoms with E-state index in [0.717, 1.165) is 18.9 Å². The van der Waals surface area contributed by atoms with Gasteiger partial charge in [0.05, 0.1) is 0 Å². The quantitative estimate of drug-likeness (QED) is 0.636. The standard InChI is InChI=1S/C12H21N5OS/c1-8-5-17(6-9(2)19-8)12-4-10(16-13)14-11(15-12)7-18-3/h4,8-9H,5-7,13H2,1-3H3,(H,14,15,16). The average Bonchev–Trinajstić information content (AvgIpc) is 2.37. The van der Waals surface area contributed by atoms with Crippen LogP contribution in [0.5, 0.6) is 0 Å². The third-order valence-electron chi connectivity index (χ3n) is 2.92. The third kappa shape index (κ3) is 3.71. The SMILES string of the molecule is COCc1nc(NN)cc(N2CC(C)SC(C)C2)n1. The second-order valence-electron chi connectivity index (χ2n) is 4.77. The van der Waals surface area contributed by atoms with Crippen molar-refractivity contribution in [1.82, 2.24) is 9.97 Å². The van der Waals surface area contributed by atoms with Gasteiger partial charge in [0.2, 0.25) is 0 Å². The summed E-state index contributed by atoms with van der Waals surface area (Å²) < 4.78 is 5.10. The Hall–Kier alpha value is -1.05. The number of rotatable bonds is 4. The molecule has 0 spiro atoms. The highest BCUT2D eigenvalue weighted by molar-refractivity contribution is 8.00. The number of nitrogen functional groups attached to an aromatic ring is 1. The smallest absolute Gasteiger partial charge is 0.158 e. The minimum Gasteiger partial charge on any atom is -0.377 e. The Morgan fingerprint density at radius 3 is 2.68 bits per heavy atom. The molecule has 2 heterocycles. The van der Waals surface area contributed by atoms with Crippen LogP contribution in [0.4, 0.5) is 11.6 Å². The number of hydrogen-bond donors (Lipinski definition) is 2. The molecule has 2 rings (SSSR count). The van der Waals surface area contributed by atoms with Gasteiger partial charge in [0.15, 0.2) is 5.82 Å². The van der Waals surface area contributed by atoms with Gasteiger partial charge in [-0.15, -0.1) is 0 Å². The topological polar surface area (TPSA) is 76.3 Å². The van der Waals surface area contributed by atoms with Gasteiger partial charge in [-0.2, -0.15) is 11.8 Å². The van der Waals surface area contributed by atoms with Crippen LogP contribution in [0.2, 0.25) is 0 Å². The van der Waals surface area contributed by atoms with Gasteiger partial charge < -0.3 is 15.1 Å². The van der Waals surface area contributed by atoms with Crippen molar-refractivity contribution in [3.63, 3.8) is 0 Å². The number of aromatic nitrogens is 2. The fourth-order valence-corrected chi connectivity index (χ4v) is 3.60. The Morgan fingerprint density at radius 1 is 1.42 bits per heavy atom. The highest BCUT2D eigenvalue weighted by atomic mass is 32.2. The van der Waals surface area contributed by atoms with Crippen LogP contribution in [0.1, 0.15) is 19.7 Å². The zero-order valence-corrected chi connectivity index (χ0v) is 12.4. The molecule has 0 aromatic carbocycles. The summed E-state index contributed by atoms with van der Waals surface area (Å²) in [5.74, 6) is 7.64. The minimum atomic E-state index is 0.385. The number of nitrogens with two attached hydrogens (primary N) is 1. The molecule has 3 N–H and O–H groups in total. The molecule has 0 saturated carbocycles. The lowest BCUT2D eigenvalue weighted by atomic mass is 10.3. The fourth-order valence-electron chi connectivity index (χ4n) is 2.28. The largest absolute Gasteiger partial charge is 0.377 e. The molecular weight excluding hydrogens is 262 g/mol. The number of anilines is 2. The Bertz CT molecular complexity index is 421. The van der Waals surface area contributed by atoms with Crippen LogP contribution in [0.3, 0.4) is 0 Å². The molecule has 19 heavy (non-hydrogen) atoms. The number of thioether (sulfide) groups is 1. The van der Waals surface area contributed by atoms with E-state index in [0.29, 0.717) is 28.7 Å². The molecule has 0 aliphatic carbocycles. The summed E-state index contributed by atoms with van der Waals surface area (Å²) in [5, 5.41) is 1.19. The van der Waals surface area contributed by atoms with Crippen LogP contribution in [0.15, 0.2) is 6.07 Å². The van der Waals surface area contributed by atoms with Crippen molar-refractivity contribution in [1.29, 1.82) is 0 Å². The van der Waals surface area contributed by atoms with E-state index >= 15 is 0 Å². The van der Waals surface area contributed by atoms with Gasteiger partial charge in [-0.05, 0) is 0 Å². The summed E-state index contributed by atoms with van der Waals surface area (Å²) in [4.78, 5) is 11.1. The molecular formula is C12H21N5OS. The lowest BCUT2D eigenvalue weighted by Crippen LogP contribution is -2.41. The lowest BCUT2D eigenvalue weighted by molar-refractivity contribution is 0.178. The van der Waals surface area contributed by atoms with Gasteiger partial charge in [-0.1, -0.05) is 13.8 Å². The average molecular weight is 283 g/mol. The first kappa shape index (κ1) is 14.4. The Balaban J connectivity index is 2.24. The van der Waals surface area contributed by atoms with Crippen LogP contribution >= 0.6 is 11.8 Å². The molecule has 1 aliphatic rings. The van der Waals surface area contributed by atoms with Crippen LogP contribution in [-0.2, 0) is 11.3 Å². The summed E-state index contributed by atoms with van der Waals surface area (Å²) in [5.41, 5.74) is 2.59. The maximum absolute atomic E-state index is 5.46. The monoisotopic (exact) mass is 283 g/mol. The molecule has 1 aromatic rings. The van der Waals surface area contributed by atoms with Gasteiger partial charge in [-0.25, -0.2) is 15.8 Å². The third-order valence-corrected chi connectivity index (χ3v) is 4.15. The number of hydrogen-bond acceptors (Lipinski definition) is 7. The van der Waals surface area contributed by atoms with Gasteiger partial charge in [-0.3, -0.25) is 0 Å². The molecule has 106 valence electrons. The summed E-state index contributed by atoms with van der Waals surface area (Å²) in [7, 11) is 1.63. The molecule has 7 heteroatoms. The van der Waals surface area contributed by atoms with Crippen molar-refractivity contribution in [3.05, 3.63) is 11.9 Å². The molecule has 2 unspecified atom stereocenters. The maximum atomic E-state index is 5.46. The van der Waals surface area contributed by atoms with E-state index in [1.54, 1.807) is 7.11 Å². The van der Waals surface area contributed by atoms with Gasteiger partial charge in [0.25, 0.3) is 0 Å². The van der Waals surface area contributed by atoms with E-state index < -0.39 is 0 Å². The summed E-state index contributed by atoms with van der Waals surface area (Å²) in [6.45, 7) is 6.85. The van der Waals surface area contributed by atoms with Crippen molar-refractivity contribution in [3.8, 4) is 0 Å². The fraction of sp³-hybridized carbons (Fsp3) is 0.667. The van der Waals surface area contributed by atoms with E-state index in [1.807, 2.05) is 17.8 Å². The van der Waals surface area contributed by atoms with Crippen molar-refractivity contribution in [2.24, 2.45) is 5.84 Å². The number of nitrogens with one attached hydrogen (secondary N) is 1. The van der Waals surface area contributed by atoms with Crippen molar-refractivity contribution < 1.29 is 4.74 Å². The predicted octanol–water partition coefficient (Wildman–Crippen LogP) is 1.24. The summed E-state index contributed by atoms with van der Waals surface area (Å²) >= 11 is 2.01. The molecule has 1 aliphatic heterocycles. The van der Waals surface area contributed by atoms with E-state index in [-0.39, 0.29) is 0 Å². The maximum Gasteiger partial charge on any atom is 0.158 e. The molecule has 1 aromatic heterocycles. The second-order valence-corrected chi connectivity index (χ2v) is 6.65. The lowest BCUT2D eigenvalue weighted by Gasteiger charge is -2.35. The second kappa shape index (κ2) is 6.40. The van der Waals surface area contributed by atoms with E-state index in [2.05, 4.69) is 34.1 Å². The molecule has 1 fully saturated rings. The molecule has 0 amide bonds. The van der Waals surface area contributed by atoms with E-state index in [1.165, 1.54) is 0 Å². The highest BCUT2D eigenvalue weighted by Crippen LogP contribution is 2.28. The Morgan fingerprint density at radius 2 is 2.11 bits per heavy atom. The predicted molar refractivity (Wildman–Crippen MR) is 79.3 cm³/mol. The van der Waals surface area contributed by atoms with E-state index in [9.17, 15) is 0 Å². The van der Waals surface area contributed by atoms with Gasteiger partial charge in [0, 0.05) is 36.8 Å². The number of hydrazine groups is 1. The zero-order valence-electron chi connectivity index (χ0n) is 11.6. The molecule has 2 atom stereocenters. The Kier molecular flexibility index (Phi) is 4.84. The van der Waals surface area contributed by atoms with Crippen LogP contribution in [0, 0.1) is 0 Å². The number of nitrogens with zero attached hydrogens (tertiary/aromatic N) is 3. The zero-order chi connectivity index (χ0) is 13.8. The molecule has 0 radical (unpaired) electrons. The normalized spacial score (nSPS) is 23.5. The molecule has 1 saturated heterocycles. The van der Waals surface area contributed by atoms with Crippen LogP contribution < -0.4 is 16.2 Å². The van der Waals surface area contributed by atoms with Crippen LogP contribution in [-0.4, -0.2) is 40.7 Å². The first-order valence-electron chi connectivity index (χ1n) is 6.36. The first-order chi connectivity index (χ1) is 9.12. The molecule has 6 nitrogen and oxygen atoms in total. The molecule has 0 bridgehead atoms. The van der Waals surface area contributed by atoms with E-state index in [4.69, 9.17) is 10.6 Å². The summed E-state index contributed by atoms with van der Waals surface area (Å²) in [6, 6.07) is 1.88. The highest BCUT2D eigenvalue weighted by Gasteiger charge is 2.24. The number of ether oxygens (including phenoxy) is 1.